The van der Waals surface area contributed by atoms with Gasteiger partial charge in [0.25, 0.3) is 17.4 Å². The second kappa shape index (κ2) is 51.7. The van der Waals surface area contributed by atoms with Gasteiger partial charge in [0, 0.05) is 79.0 Å². The van der Waals surface area contributed by atoms with E-state index >= 15 is 0 Å². The van der Waals surface area contributed by atoms with Gasteiger partial charge in [0.15, 0.2) is 35.1 Å². The Morgan fingerprint density at radius 1 is 0.510 bits per heavy atom. The lowest BCUT2D eigenvalue weighted by Crippen LogP contribution is -2.39. The van der Waals surface area contributed by atoms with Gasteiger partial charge in [-0.2, -0.15) is 0 Å². The molecule has 9 N–H and O–H groups in total. The van der Waals surface area contributed by atoms with Gasteiger partial charge in [-0.05, 0) is 165 Å². The van der Waals surface area contributed by atoms with Crippen molar-refractivity contribution in [3.63, 3.8) is 0 Å². The average Bonchev–Trinajstić information content (AvgIpc) is 1.62. The highest BCUT2D eigenvalue weighted by molar-refractivity contribution is 8.05. The molecule has 9 fully saturated rings. The van der Waals surface area contributed by atoms with Crippen LogP contribution in [-0.4, -0.2) is 148 Å². The number of rotatable bonds is 13. The number of nitrogens with one attached hydrogen (secondary N) is 8. The molecular weight excluding hydrogens is 1940 g/mol. The molecule has 0 spiro atoms. The van der Waals surface area contributed by atoms with Crippen LogP contribution in [-0.2, 0) is 84.2 Å². The van der Waals surface area contributed by atoms with Crippen LogP contribution in [0, 0.1) is 89.7 Å². The SMILES string of the molecule is C=C1CC(C)(CC(C)(C)C)C(=O)N1.C=C1CC(C)(CC(C)(C)C)C(=O)N1CC.C=C1CC(CC(C)(C)C)C(=O)N1.C=C1NC(=O)C(C)(CC(C)(C)C)O1.C=C1NC(=O)C(C)(CC(C)(C)C)S1.C=C1NC(=O)C(CC(C)(C)C)O1.C=C1NC(=O)C(CC(C)(C)C)S1.C=S1(=O)CC(CC(C)(C)C)C(=O)N1C.CC(C)(C)CC1CS(=O)(=O)NC1=O.CC(C)(C)CCc1ncc(-c2ccccc2)o1.Cc1nc(C(C)(C)C)c(O)c(=O)[nH]1. The highest BCUT2D eigenvalue weighted by Crippen LogP contribution is 2.48. The molecule has 9 aliphatic heterocycles. The molecule has 0 bridgehead atoms. The molecule has 9 saturated heterocycles. The highest BCUT2D eigenvalue weighted by Gasteiger charge is 2.49. The Bertz CT molecular complexity index is 5240. The maximum atomic E-state index is 12.2. The van der Waals surface area contributed by atoms with E-state index in [0.717, 1.165) is 128 Å². The minimum absolute atomic E-state index is 0.0120. The van der Waals surface area contributed by atoms with Gasteiger partial charge in [0.1, 0.15) is 5.82 Å². The van der Waals surface area contributed by atoms with Crippen LogP contribution in [0.2, 0.25) is 0 Å². The van der Waals surface area contributed by atoms with Crippen LogP contribution in [0.1, 0.15) is 364 Å². The number of likely N-dealkylation sites (tertiary alicyclic amines) is 1. The number of hydrogen-bond donors (Lipinski definition) is 9. The molecule has 1 aromatic carbocycles. The van der Waals surface area contributed by atoms with Gasteiger partial charge in [0.05, 0.1) is 70.1 Å². The molecule has 0 aliphatic carbocycles. The molecule has 11 heterocycles. The number of oxazole rings is 1. The number of aromatic amines is 1. The lowest BCUT2D eigenvalue weighted by molar-refractivity contribution is -0.136. The zero-order chi connectivity index (χ0) is 115. The van der Waals surface area contributed by atoms with Gasteiger partial charge in [-0.25, -0.2) is 22.6 Å². The van der Waals surface area contributed by atoms with E-state index in [1.165, 1.54) is 4.31 Å². The fourth-order valence-corrected chi connectivity index (χ4v) is 24.0. The Kier molecular flexibility index (Phi) is 47.1. The summed E-state index contributed by atoms with van der Waals surface area (Å²) in [5, 5.41) is 27.2. The largest absolute Gasteiger partial charge is 0.502 e. The lowest BCUT2D eigenvalue weighted by Gasteiger charge is -2.30. The van der Waals surface area contributed by atoms with Crippen LogP contribution in [0.15, 0.2) is 131 Å². The van der Waals surface area contributed by atoms with Gasteiger partial charge in [-0.15, -0.1) is 0 Å². The molecule has 147 heavy (non-hydrogen) atoms. The maximum absolute atomic E-state index is 12.2. The molecule has 9 amide bonds. The summed E-state index contributed by atoms with van der Waals surface area (Å²) >= 11 is 3.09. The van der Waals surface area contributed by atoms with Crippen molar-refractivity contribution in [2.24, 2.45) is 82.7 Å². The Hall–Kier alpha value is -9.21. The van der Waals surface area contributed by atoms with Gasteiger partial charge in [-0.3, -0.25) is 67.6 Å². The topological polar surface area (TPSA) is 406 Å². The van der Waals surface area contributed by atoms with Crippen molar-refractivity contribution >= 4 is 102 Å². The molecular formula is C114H190N12O17S4. The number of ether oxygens (including phenoxy) is 2. The lowest BCUT2D eigenvalue weighted by atomic mass is 9.74. The second-order valence-corrected chi connectivity index (χ2v) is 61.5. The van der Waals surface area contributed by atoms with Gasteiger partial charge in [0.2, 0.25) is 57.1 Å². The van der Waals surface area contributed by atoms with Crippen LogP contribution in [0.4, 0.5) is 0 Å². The summed E-state index contributed by atoms with van der Waals surface area (Å²) in [6.45, 7) is 108. The number of benzene rings is 1. The van der Waals surface area contributed by atoms with Crippen molar-refractivity contribution in [3.8, 4) is 17.1 Å². The maximum Gasteiger partial charge on any atom is 0.293 e. The molecule has 0 saturated carbocycles. The molecule has 10 atom stereocenters. The first-order chi connectivity index (χ1) is 65.7. The number of aromatic nitrogens is 3. The van der Waals surface area contributed by atoms with Gasteiger partial charge < -0.3 is 50.1 Å². The van der Waals surface area contributed by atoms with Crippen molar-refractivity contribution in [2.75, 3.05) is 25.1 Å². The van der Waals surface area contributed by atoms with Crippen LogP contribution >= 0.6 is 23.5 Å². The predicted molar refractivity (Wildman–Crippen MR) is 604 cm³/mol. The minimum atomic E-state index is -3.32. The molecule has 29 nitrogen and oxygen atoms in total. The summed E-state index contributed by atoms with van der Waals surface area (Å²) in [6, 6.07) is 10.1. The molecule has 33 heteroatoms. The van der Waals surface area contributed by atoms with Crippen molar-refractivity contribution < 1.29 is 74.8 Å². The number of hydrogen-bond acceptors (Lipinski definition) is 21. The van der Waals surface area contributed by atoms with Crippen LogP contribution in [0.3, 0.4) is 0 Å². The number of nitrogens with zero attached hydrogens (tertiary/aromatic N) is 4. The fraction of sp³-hybridized carbons (Fsp3) is 0.675. The first kappa shape index (κ1) is 134. The number of aromatic hydroxyl groups is 1. The molecule has 832 valence electrons. The first-order valence-electron chi connectivity index (χ1n) is 50.9. The molecule has 3 aromatic rings. The number of carbonyl (C=O) groups excluding carboxylic acids is 9. The summed E-state index contributed by atoms with van der Waals surface area (Å²) in [7, 11) is -4.04. The normalized spacial score (nSPS) is 24.5. The Morgan fingerprint density at radius 3 is 1.37 bits per heavy atom. The standard InChI is InChI=1S/C15H19NO.C13H23NO.C11H19NO.C10H19NO2S.C10H17NO2.C10H17NOS.C10H17NO.C9H14N2O2.C9H15NO2.C9H15NOS.C8H15NO3S/c1-15(2,3)10-9-14-16-11-13(17-14)12-7-5-4-6-8-12;1-7-14-10(2)8-13(6,11(14)15)9-12(3,4)5;1-8-6-11(5,9(13)12-8)7-10(2,3)4;1-10(2,3)6-8-7-14(5,13)11(4)9(8)12;2*1-7-11-8(12)10(5,13-7)6-9(2,3)4;1-7-5-8(9(12)11-7)6-10(2,3)4;1-5-10-7(9(2,3)4)6(12)8(13)11-5;2*1-6-10-8(11)7(12-6)5-9(2,3)4;1-8(2,3)4-6-5-13(11,12)9-7(6)10/h4-8,11H,9-10H2,1-3H3;2,7-9H2,1,3-6H3;1,6-7H2,2-5H3,(H,12,13);8H,5-7H2,1-4H3;2*1,6H2,2-5H3,(H,11,12);8H,1,5-6H2,2-4H3,(H,11,12);12H,1-4H3,(H,10,11,13);2*7H,1,5H2,2-4H3,(H,10,11);6H,4-5H2,1-3H3,(H,9,10). The van der Waals surface area contributed by atoms with Crippen LogP contribution in [0.5, 0.6) is 5.75 Å². The summed E-state index contributed by atoms with van der Waals surface area (Å²) < 4.78 is 53.2. The summed E-state index contributed by atoms with van der Waals surface area (Å²) in [5.74, 6) is 6.52. The third kappa shape index (κ3) is 49.6. The number of sulfonamides is 1. The summed E-state index contributed by atoms with van der Waals surface area (Å²) in [4.78, 5) is 127. The number of allylic oxidation sites excluding steroid dienone is 3. The summed E-state index contributed by atoms with van der Waals surface area (Å²) in [5.41, 5.74) is 3.79. The van der Waals surface area contributed by atoms with E-state index in [0.29, 0.717) is 47.3 Å². The Balaban J connectivity index is 0.000000547. The summed E-state index contributed by atoms with van der Waals surface area (Å²) in [6.07, 6.45) is 13.2. The molecule has 2 aromatic heterocycles. The van der Waals surface area contributed by atoms with Gasteiger partial charge in [-0.1, -0.05) is 329 Å². The van der Waals surface area contributed by atoms with Crippen molar-refractivity contribution in [2.45, 2.75) is 387 Å². The van der Waals surface area contributed by atoms with E-state index in [9.17, 15) is 65.7 Å². The highest BCUT2D eigenvalue weighted by atomic mass is 32.2. The van der Waals surface area contributed by atoms with Crippen molar-refractivity contribution in [1.29, 1.82) is 0 Å². The first-order valence-corrected chi connectivity index (χ1v) is 56.1. The van der Waals surface area contributed by atoms with E-state index in [4.69, 9.17) is 13.9 Å². The number of amides is 9. The Morgan fingerprint density at radius 2 is 1.01 bits per heavy atom. The zero-order valence-electron chi connectivity index (χ0n) is 97.4. The number of aryl methyl sites for hydroxylation is 2. The number of carbonyl (C=O) groups is 9. The molecule has 9 aliphatic rings. The van der Waals surface area contributed by atoms with Crippen LogP contribution < -0.4 is 42.2 Å². The predicted octanol–water partition coefficient (Wildman–Crippen LogP) is 22.6. The monoisotopic (exact) mass is 2130 g/mol. The number of thioether (sulfide) groups is 2. The average molecular weight is 2130 g/mol. The Labute approximate surface area is 893 Å². The third-order valence-corrected chi connectivity index (χ3v) is 29.0. The van der Waals surface area contributed by atoms with E-state index in [-0.39, 0.29) is 164 Å². The van der Waals surface area contributed by atoms with Crippen LogP contribution in [0.25, 0.3) is 11.3 Å². The third-order valence-electron chi connectivity index (χ3n) is 23.3. The smallest absolute Gasteiger partial charge is 0.293 e. The van der Waals surface area contributed by atoms with Gasteiger partial charge >= 0.3 is 0 Å². The van der Waals surface area contributed by atoms with Crippen molar-refractivity contribution in [1.82, 2.24) is 60.8 Å². The van der Waals surface area contributed by atoms with E-state index in [2.05, 4.69) is 293 Å². The molecule has 12 rings (SSSR count). The second-order valence-electron chi connectivity index (χ2n) is 54.4. The molecule has 10 unspecified atom stereocenters. The van der Waals surface area contributed by atoms with E-state index in [1.807, 2.05) is 108 Å². The van der Waals surface area contributed by atoms with Crippen molar-refractivity contribution in [3.05, 3.63) is 149 Å². The fourth-order valence-electron chi connectivity index (χ4n) is 18.5. The zero-order valence-corrected chi connectivity index (χ0v) is 101. The van der Waals surface area contributed by atoms with E-state index < -0.39 is 30.9 Å². The number of H-pyrrole nitrogens is 1. The minimum Gasteiger partial charge on any atom is -0.502 e. The quantitative estimate of drug-likeness (QED) is 0.0718. The molecule has 0 radical (unpaired) electrons. The van der Waals surface area contributed by atoms with E-state index in [1.54, 1.807) is 44.4 Å².